The molecule has 0 aliphatic rings. The maximum atomic E-state index is 10.4. The van der Waals surface area contributed by atoms with Crippen LogP contribution in [0.2, 0.25) is 0 Å². The summed E-state index contributed by atoms with van der Waals surface area (Å²) in [6.45, 7) is 3.87. The van der Waals surface area contributed by atoms with Crippen LogP contribution in [-0.2, 0) is 0 Å². The lowest BCUT2D eigenvalue weighted by atomic mass is 9.91. The molecule has 6 aromatic rings. The molecule has 6 rings (SSSR count). The van der Waals surface area contributed by atoms with Crippen molar-refractivity contribution in [2.75, 3.05) is 0 Å². The number of fused-ring (bicyclic) bond motifs is 2. The highest BCUT2D eigenvalue weighted by Gasteiger charge is 2.21. The van der Waals surface area contributed by atoms with E-state index in [0.717, 1.165) is 50.2 Å². The highest BCUT2D eigenvalue weighted by atomic mass is 27.2. The maximum Gasteiger partial charge on any atom is 0.881 e. The highest BCUT2D eigenvalue weighted by Crippen LogP contribution is 2.43. The Balaban J connectivity index is 1.54. The summed E-state index contributed by atoms with van der Waals surface area (Å²) in [4.78, 5) is 9.50. The van der Waals surface area contributed by atoms with Gasteiger partial charge in [-0.2, -0.15) is 0 Å². The monoisotopic (exact) mass is 527 g/mol. The highest BCUT2D eigenvalue weighted by molar-refractivity contribution is 6.21. The Morgan fingerprint density at radius 2 is 1.18 bits per heavy atom. The largest absolute Gasteiger partial charge is 0.881 e. The Morgan fingerprint density at radius 3 is 1.85 bits per heavy atom. The predicted molar refractivity (Wildman–Crippen MR) is 154 cm³/mol. The van der Waals surface area contributed by atoms with Crippen LogP contribution >= 0.6 is 0 Å². The normalized spacial score (nSPS) is 11.0. The van der Waals surface area contributed by atoms with Gasteiger partial charge < -0.3 is 17.8 Å². The summed E-state index contributed by atoms with van der Waals surface area (Å²) in [6.07, 6.45) is 0. The molecule has 7 heteroatoms. The lowest BCUT2D eigenvalue weighted by Crippen LogP contribution is -2.12. The van der Waals surface area contributed by atoms with Crippen molar-refractivity contribution >= 4 is 37.7 Å². The van der Waals surface area contributed by atoms with E-state index in [1.54, 1.807) is 12.1 Å². The van der Waals surface area contributed by atoms with Gasteiger partial charge in [-0.1, -0.05) is 54.6 Å². The molecule has 1 radical (unpaired) electrons. The van der Waals surface area contributed by atoms with Crippen LogP contribution in [-0.4, -0.2) is 36.1 Å². The zero-order chi connectivity index (χ0) is 26.9. The summed E-state index contributed by atoms with van der Waals surface area (Å²) in [6, 6.07) is 30.4. The standard InChI is InChI=1S/C26H20N2O3.C6H6O.Al/c1-14-19(12-16-6-3-10-22(30)25(16)27-14)18-8-5-9-21(29)24(18)20-13-17-7-4-11-23(31)26(17)28-15(20)2;7-6-4-2-1-3-5-6;/h3-13,29-31H,1-2H3;1-5,7H;/q;;+2/p-2. The van der Waals surface area contributed by atoms with Crippen LogP contribution in [0.1, 0.15) is 11.4 Å². The van der Waals surface area contributed by atoms with Gasteiger partial charge in [0.15, 0.2) is 0 Å². The van der Waals surface area contributed by atoms with E-state index in [1.807, 2.05) is 98.8 Å². The Labute approximate surface area is 232 Å². The predicted octanol–water partition coefficient (Wildman–Crippen LogP) is 7.14. The Bertz CT molecular complexity index is 1840. The summed E-state index contributed by atoms with van der Waals surface area (Å²) in [7, 11) is 0. The fraction of sp³-hybridized carbons (Fsp3) is 0.0625. The van der Waals surface area contributed by atoms with Gasteiger partial charge in [-0.15, -0.1) is 0 Å². The number of phenolic OH excluding ortho intramolecular Hbond substituents is 2. The molecule has 39 heavy (non-hydrogen) atoms. The lowest BCUT2D eigenvalue weighted by Gasteiger charge is -2.20. The van der Waals surface area contributed by atoms with Crippen molar-refractivity contribution < 1.29 is 17.8 Å². The smallest absolute Gasteiger partial charge is 0.616 e. The van der Waals surface area contributed by atoms with E-state index in [9.17, 15) is 10.2 Å². The summed E-state index contributed by atoms with van der Waals surface area (Å²) >= 11 is -0.848. The maximum absolute atomic E-state index is 10.4. The minimum absolute atomic E-state index is 0.141. The van der Waals surface area contributed by atoms with Crippen LogP contribution in [0.15, 0.2) is 97.1 Å². The van der Waals surface area contributed by atoms with Gasteiger partial charge in [0.2, 0.25) is 0 Å². The van der Waals surface area contributed by atoms with Gasteiger partial charge >= 0.3 is 15.9 Å². The van der Waals surface area contributed by atoms with Crippen LogP contribution in [0.25, 0.3) is 44.1 Å². The topological polar surface area (TPSA) is 84.7 Å². The molecule has 6 nitrogen and oxygen atoms in total. The molecule has 0 spiro atoms. The SMILES string of the molecule is Cc1nc2c(O)cccc2cc1-c1cccc([O][Al][O]c2ccccc2)c1-c1cc2cccc(O)c2nc1C. The van der Waals surface area contributed by atoms with Crippen LogP contribution in [0.5, 0.6) is 23.0 Å². The molecular formula is C32H24AlN2O4. The molecule has 2 N–H and O–H groups in total. The van der Waals surface area contributed by atoms with Crippen molar-refractivity contribution in [3.05, 3.63) is 108 Å². The second-order valence-corrected chi connectivity index (χ2v) is 9.93. The second kappa shape index (κ2) is 10.3. The van der Waals surface area contributed by atoms with Crippen LogP contribution in [0.4, 0.5) is 0 Å². The minimum atomic E-state index is -0.848. The molecule has 0 fully saturated rings. The van der Waals surface area contributed by atoms with E-state index >= 15 is 0 Å². The third kappa shape index (κ3) is 4.75. The van der Waals surface area contributed by atoms with E-state index in [1.165, 1.54) is 0 Å². The third-order valence-corrected chi connectivity index (χ3v) is 7.44. The molecule has 0 atom stereocenters. The Morgan fingerprint density at radius 1 is 0.590 bits per heavy atom. The molecule has 189 valence electrons. The van der Waals surface area contributed by atoms with Crippen LogP contribution in [0, 0.1) is 13.8 Å². The number of aromatic nitrogens is 2. The number of phenols is 2. The average molecular weight is 528 g/mol. The molecule has 2 aromatic heterocycles. The van der Waals surface area contributed by atoms with Gasteiger partial charge in [0, 0.05) is 38.9 Å². The first-order valence-corrected chi connectivity index (χ1v) is 13.5. The number of pyridine rings is 2. The number of hydrogen-bond donors (Lipinski definition) is 2. The summed E-state index contributed by atoms with van der Waals surface area (Å²) in [5.41, 5.74) is 6.23. The molecule has 0 saturated carbocycles. The van der Waals surface area contributed by atoms with Crippen molar-refractivity contribution in [2.24, 2.45) is 0 Å². The number of aromatic hydroxyl groups is 2. The van der Waals surface area contributed by atoms with Crippen LogP contribution < -0.4 is 7.58 Å². The first kappa shape index (κ1) is 24.8. The van der Waals surface area contributed by atoms with E-state index in [4.69, 9.17) is 17.5 Å². The quantitative estimate of drug-likeness (QED) is 0.224. The summed E-state index contributed by atoms with van der Waals surface area (Å²) in [5.74, 6) is 1.70. The Hall–Kier alpha value is -4.57. The van der Waals surface area contributed by atoms with Gasteiger partial charge in [-0.05, 0) is 61.9 Å². The number of para-hydroxylation sites is 3. The molecule has 0 amide bonds. The van der Waals surface area contributed by atoms with E-state index in [2.05, 4.69) is 0 Å². The summed E-state index contributed by atoms with van der Waals surface area (Å²) < 4.78 is 12.2. The second-order valence-electron chi connectivity index (χ2n) is 9.26. The lowest BCUT2D eigenvalue weighted by molar-refractivity contribution is 0.460. The van der Waals surface area contributed by atoms with Crippen molar-refractivity contribution in [1.29, 1.82) is 0 Å². The Kier molecular flexibility index (Phi) is 6.54. The number of benzene rings is 4. The number of rotatable bonds is 6. The van der Waals surface area contributed by atoms with Crippen molar-refractivity contribution in [3.63, 3.8) is 0 Å². The average Bonchev–Trinajstić information content (AvgIpc) is 2.94. The van der Waals surface area contributed by atoms with Gasteiger partial charge in [0.1, 0.15) is 22.5 Å². The molecular weight excluding hydrogens is 503 g/mol. The molecule has 0 unspecified atom stereocenters. The fourth-order valence-electron chi connectivity index (χ4n) is 4.84. The zero-order valence-electron chi connectivity index (χ0n) is 21.4. The molecule has 0 aliphatic heterocycles. The van der Waals surface area contributed by atoms with Gasteiger partial charge in [0.05, 0.1) is 11.5 Å². The van der Waals surface area contributed by atoms with Crippen molar-refractivity contribution in [2.45, 2.75) is 13.8 Å². The minimum Gasteiger partial charge on any atom is -0.616 e. The van der Waals surface area contributed by atoms with Crippen molar-refractivity contribution in [1.82, 2.24) is 9.97 Å². The number of aryl methyl sites for hydroxylation is 2. The van der Waals surface area contributed by atoms with Gasteiger partial charge in [0.25, 0.3) is 0 Å². The zero-order valence-corrected chi connectivity index (χ0v) is 22.6. The van der Waals surface area contributed by atoms with E-state index in [-0.39, 0.29) is 11.5 Å². The molecule has 4 aromatic carbocycles. The van der Waals surface area contributed by atoms with Crippen LogP contribution in [0.3, 0.4) is 0 Å². The van der Waals surface area contributed by atoms with E-state index in [0.29, 0.717) is 16.8 Å². The van der Waals surface area contributed by atoms with Crippen molar-refractivity contribution in [3.8, 4) is 45.3 Å². The molecule has 0 aliphatic carbocycles. The first-order valence-electron chi connectivity index (χ1n) is 12.5. The van der Waals surface area contributed by atoms with Gasteiger partial charge in [-0.3, -0.25) is 0 Å². The molecule has 0 bridgehead atoms. The molecule has 0 saturated heterocycles. The first-order chi connectivity index (χ1) is 19.0. The van der Waals surface area contributed by atoms with E-state index < -0.39 is 15.9 Å². The number of hydrogen-bond acceptors (Lipinski definition) is 6. The fourth-order valence-corrected chi connectivity index (χ4v) is 5.45. The summed E-state index contributed by atoms with van der Waals surface area (Å²) in [5, 5.41) is 22.4. The molecule has 2 heterocycles. The van der Waals surface area contributed by atoms with Gasteiger partial charge in [-0.25, -0.2) is 9.97 Å². The number of nitrogens with zero attached hydrogens (tertiary/aromatic N) is 2. The third-order valence-electron chi connectivity index (χ3n) is 6.72.